The zero-order valence-electron chi connectivity index (χ0n) is 32.0. The minimum Gasteiger partial charge on any atom is -0.435 e. The molecule has 1 heterocycles. The predicted octanol–water partition coefficient (Wildman–Crippen LogP) is 14.4. The first-order valence-corrected chi connectivity index (χ1v) is 19.5. The Bertz CT molecular complexity index is 3020. The summed E-state index contributed by atoms with van der Waals surface area (Å²) in [5, 5.41) is 2.20. The molecule has 0 bridgehead atoms. The monoisotopic (exact) mass is 720 g/mol. The maximum atomic E-state index is 6.42. The summed E-state index contributed by atoms with van der Waals surface area (Å²) in [5.41, 5.74) is 19.0. The molecule has 0 atom stereocenters. The molecule has 8 aromatic carbocycles. The summed E-state index contributed by atoms with van der Waals surface area (Å²) in [7, 11) is 0. The van der Waals surface area contributed by atoms with E-state index in [1.54, 1.807) is 0 Å². The van der Waals surface area contributed by atoms with E-state index in [1.165, 1.54) is 44.5 Å². The number of fused-ring (bicyclic) bond motifs is 9. The van der Waals surface area contributed by atoms with E-state index >= 15 is 0 Å². The van der Waals surface area contributed by atoms with Gasteiger partial charge in [0.05, 0.1) is 0 Å². The lowest BCUT2D eigenvalue weighted by atomic mass is 9.82. The van der Waals surface area contributed by atoms with Gasteiger partial charge < -0.3 is 9.32 Å². The van der Waals surface area contributed by atoms with Crippen LogP contribution in [0.4, 0.5) is 17.1 Å². The molecule has 0 amide bonds. The van der Waals surface area contributed by atoms with Crippen molar-refractivity contribution in [1.29, 1.82) is 0 Å². The van der Waals surface area contributed by atoms with Gasteiger partial charge in [0.25, 0.3) is 0 Å². The summed E-state index contributed by atoms with van der Waals surface area (Å²) in [6, 6.07) is 61.8. The summed E-state index contributed by atoms with van der Waals surface area (Å²) < 4.78 is 6.42. The molecule has 0 aliphatic heterocycles. The number of hydrogen-bond acceptors (Lipinski definition) is 3. The number of hydrogen-bond donors (Lipinski definition) is 0. The van der Waals surface area contributed by atoms with E-state index in [0.717, 1.165) is 55.6 Å². The number of oxazole rings is 1. The summed E-state index contributed by atoms with van der Waals surface area (Å²) in [5.74, 6) is 0.639. The smallest absolute Gasteiger partial charge is 0.227 e. The van der Waals surface area contributed by atoms with Gasteiger partial charge in [-0.15, -0.1) is 0 Å². The summed E-state index contributed by atoms with van der Waals surface area (Å²) in [6.45, 7) is 9.40. The highest BCUT2D eigenvalue weighted by Gasteiger charge is 2.37. The number of nitrogens with zero attached hydrogens (tertiary/aromatic N) is 2. The van der Waals surface area contributed by atoms with Crippen molar-refractivity contribution in [1.82, 2.24) is 4.98 Å². The van der Waals surface area contributed by atoms with Crippen LogP contribution in [-0.2, 0) is 10.8 Å². The molecule has 268 valence electrons. The molecular formula is C53H40N2O. The lowest BCUT2D eigenvalue weighted by Crippen LogP contribution is -2.17. The largest absolute Gasteiger partial charge is 0.435 e. The van der Waals surface area contributed by atoms with Crippen LogP contribution in [0.25, 0.3) is 66.7 Å². The molecule has 2 aliphatic rings. The molecule has 0 radical (unpaired) electrons. The first-order valence-electron chi connectivity index (χ1n) is 19.5. The summed E-state index contributed by atoms with van der Waals surface area (Å²) in [6.07, 6.45) is 0. The van der Waals surface area contributed by atoms with Crippen LogP contribution in [0.5, 0.6) is 0 Å². The van der Waals surface area contributed by atoms with E-state index in [1.807, 2.05) is 30.3 Å². The van der Waals surface area contributed by atoms with Crippen LogP contribution in [-0.4, -0.2) is 4.98 Å². The van der Waals surface area contributed by atoms with E-state index in [9.17, 15) is 0 Å². The first kappa shape index (κ1) is 32.7. The number of benzene rings is 8. The van der Waals surface area contributed by atoms with Gasteiger partial charge in [-0.3, -0.25) is 0 Å². The van der Waals surface area contributed by atoms with Crippen molar-refractivity contribution in [2.24, 2.45) is 0 Å². The fraction of sp³-hybridized carbons (Fsp3) is 0.113. The van der Waals surface area contributed by atoms with Gasteiger partial charge in [0, 0.05) is 38.8 Å². The SMILES string of the molecule is CC1(C)c2ccccc2-c2cc(N(c3ccc(-c4cccc5c4ccc4nc(-c6ccccc6)oc45)cc3)c3ccc4c(c3)C(C)(C)c3ccccc3-4)ccc21. The number of aromatic nitrogens is 1. The molecule has 0 unspecified atom stereocenters. The molecule has 3 nitrogen and oxygen atoms in total. The predicted molar refractivity (Wildman–Crippen MR) is 232 cm³/mol. The van der Waals surface area contributed by atoms with Gasteiger partial charge in [0.2, 0.25) is 5.89 Å². The van der Waals surface area contributed by atoms with Crippen molar-refractivity contribution in [3.05, 3.63) is 192 Å². The van der Waals surface area contributed by atoms with E-state index in [-0.39, 0.29) is 10.8 Å². The normalized spacial score (nSPS) is 14.4. The minimum atomic E-state index is -0.108. The topological polar surface area (TPSA) is 29.3 Å². The number of rotatable bonds is 5. The first-order chi connectivity index (χ1) is 27.3. The molecule has 0 saturated heterocycles. The lowest BCUT2D eigenvalue weighted by Gasteiger charge is -2.29. The molecule has 11 rings (SSSR count). The van der Waals surface area contributed by atoms with E-state index in [0.29, 0.717) is 5.89 Å². The van der Waals surface area contributed by atoms with E-state index in [2.05, 4.69) is 172 Å². The molecule has 1 aromatic heterocycles. The molecule has 2 aliphatic carbocycles. The Morgan fingerprint density at radius 2 is 1.00 bits per heavy atom. The zero-order chi connectivity index (χ0) is 37.8. The number of anilines is 3. The molecule has 0 saturated carbocycles. The molecule has 9 aromatic rings. The Morgan fingerprint density at radius 1 is 0.411 bits per heavy atom. The van der Waals surface area contributed by atoms with E-state index < -0.39 is 0 Å². The van der Waals surface area contributed by atoms with Gasteiger partial charge in [-0.25, -0.2) is 4.98 Å². The second-order valence-corrected chi connectivity index (χ2v) is 16.4. The van der Waals surface area contributed by atoms with Crippen molar-refractivity contribution < 1.29 is 4.42 Å². The van der Waals surface area contributed by atoms with Crippen LogP contribution in [0, 0.1) is 0 Å². The Labute approximate surface area is 327 Å². The highest BCUT2D eigenvalue weighted by Crippen LogP contribution is 2.53. The third-order valence-corrected chi connectivity index (χ3v) is 12.5. The van der Waals surface area contributed by atoms with Gasteiger partial charge in [-0.2, -0.15) is 0 Å². The van der Waals surface area contributed by atoms with Crippen LogP contribution >= 0.6 is 0 Å². The molecule has 56 heavy (non-hydrogen) atoms. The standard InChI is InChI=1S/C53H40N2O/c1-52(2)46-20-11-9-16-41(46)44-31-36(26-29-47(44)52)55(37-25-27-42-40-15-8-10-19-45(40)53(3,4)48(42)32-37)35-23-21-33(22-24-35)38-17-12-18-43-39(38)28-30-49-50(43)56-51(54-49)34-13-6-5-7-14-34/h5-32H,1-4H3. The van der Waals surface area contributed by atoms with Crippen molar-refractivity contribution in [3.63, 3.8) is 0 Å². The van der Waals surface area contributed by atoms with Crippen molar-refractivity contribution >= 4 is 38.9 Å². The second-order valence-electron chi connectivity index (χ2n) is 16.4. The Kier molecular flexibility index (Phi) is 6.94. The Balaban J connectivity index is 1.04. The highest BCUT2D eigenvalue weighted by molar-refractivity contribution is 6.09. The quantitative estimate of drug-likeness (QED) is 0.177. The minimum absolute atomic E-state index is 0.0564. The van der Waals surface area contributed by atoms with Crippen LogP contribution in [0.3, 0.4) is 0 Å². The Morgan fingerprint density at radius 3 is 1.77 bits per heavy atom. The van der Waals surface area contributed by atoms with Gasteiger partial charge in [-0.1, -0.05) is 143 Å². The fourth-order valence-electron chi connectivity index (χ4n) is 9.61. The lowest BCUT2D eigenvalue weighted by molar-refractivity contribution is 0.623. The van der Waals surface area contributed by atoms with E-state index in [4.69, 9.17) is 9.40 Å². The van der Waals surface area contributed by atoms with Gasteiger partial charge in [0.1, 0.15) is 5.52 Å². The average Bonchev–Trinajstić information content (AvgIpc) is 3.85. The Hall–Kier alpha value is -6.71. The van der Waals surface area contributed by atoms with Gasteiger partial charge in [0.15, 0.2) is 5.58 Å². The molecule has 0 N–H and O–H groups in total. The van der Waals surface area contributed by atoms with Gasteiger partial charge in [-0.05, 0) is 116 Å². The van der Waals surface area contributed by atoms with Crippen molar-refractivity contribution in [2.45, 2.75) is 38.5 Å². The fourth-order valence-corrected chi connectivity index (χ4v) is 9.61. The zero-order valence-corrected chi connectivity index (χ0v) is 32.0. The summed E-state index contributed by atoms with van der Waals surface area (Å²) in [4.78, 5) is 7.27. The van der Waals surface area contributed by atoms with Crippen LogP contribution < -0.4 is 4.90 Å². The van der Waals surface area contributed by atoms with Gasteiger partial charge >= 0.3 is 0 Å². The van der Waals surface area contributed by atoms with Crippen LogP contribution in [0.2, 0.25) is 0 Å². The van der Waals surface area contributed by atoms with Crippen molar-refractivity contribution in [3.8, 4) is 44.8 Å². The third-order valence-electron chi connectivity index (χ3n) is 12.5. The average molecular weight is 721 g/mol. The van der Waals surface area contributed by atoms with Crippen LogP contribution in [0.15, 0.2) is 174 Å². The third kappa shape index (κ3) is 4.73. The van der Waals surface area contributed by atoms with Crippen molar-refractivity contribution in [2.75, 3.05) is 4.90 Å². The second kappa shape index (κ2) is 11.9. The summed E-state index contributed by atoms with van der Waals surface area (Å²) >= 11 is 0. The maximum absolute atomic E-state index is 6.42. The molecule has 0 spiro atoms. The van der Waals surface area contributed by atoms with Crippen LogP contribution in [0.1, 0.15) is 49.9 Å². The molecular weight excluding hydrogens is 681 g/mol. The molecule has 0 fully saturated rings. The highest BCUT2D eigenvalue weighted by atomic mass is 16.3. The maximum Gasteiger partial charge on any atom is 0.227 e. The molecule has 3 heteroatoms.